The van der Waals surface area contributed by atoms with Gasteiger partial charge in [-0.05, 0) is 49.9 Å². The number of carbonyl (C=O) groups is 2. The molecule has 0 saturated heterocycles. The van der Waals surface area contributed by atoms with Gasteiger partial charge in [0.1, 0.15) is 6.10 Å². The first-order chi connectivity index (χ1) is 10.6. The fourth-order valence-electron chi connectivity index (χ4n) is 2.15. The molecular formula is C16H22O6. The molecule has 0 radical (unpaired) electrons. The third-order valence-electron chi connectivity index (χ3n) is 3.29. The van der Waals surface area contributed by atoms with Crippen molar-refractivity contribution in [1.82, 2.24) is 0 Å². The second kappa shape index (κ2) is 9.92. The predicted molar refractivity (Wildman–Crippen MR) is 79.9 cm³/mol. The maximum Gasteiger partial charge on any atom is 0.338 e. The first kappa shape index (κ1) is 18.1. The minimum atomic E-state index is -0.998. The highest BCUT2D eigenvalue weighted by Crippen LogP contribution is 2.21. The van der Waals surface area contributed by atoms with Crippen LogP contribution in [0.2, 0.25) is 0 Å². The van der Waals surface area contributed by atoms with E-state index >= 15 is 0 Å². The number of carbonyl (C=O) groups excluding carboxylic acids is 1. The Morgan fingerprint density at radius 1 is 0.955 bits per heavy atom. The van der Waals surface area contributed by atoms with E-state index in [4.69, 9.17) is 20.1 Å². The van der Waals surface area contributed by atoms with Gasteiger partial charge in [0.25, 0.3) is 0 Å². The maximum atomic E-state index is 11.8. The van der Waals surface area contributed by atoms with E-state index in [2.05, 4.69) is 0 Å². The first-order valence-electron chi connectivity index (χ1n) is 7.34. The second-order valence-electron chi connectivity index (χ2n) is 5.00. The summed E-state index contributed by atoms with van der Waals surface area (Å²) < 4.78 is 5.39. The molecule has 0 atom stereocenters. The summed E-state index contributed by atoms with van der Waals surface area (Å²) in [6, 6.07) is 5.82. The number of benzene rings is 1. The number of aromatic carboxylic acids is 1. The number of esters is 1. The normalized spacial score (nSPS) is 14.6. The monoisotopic (exact) mass is 310 g/mol. The Kier molecular flexibility index (Phi) is 8.17. The van der Waals surface area contributed by atoms with Gasteiger partial charge in [-0.3, -0.25) is 0 Å². The Hall–Kier alpha value is -1.92. The summed E-state index contributed by atoms with van der Waals surface area (Å²) in [6.07, 6.45) is 5.30. The van der Waals surface area contributed by atoms with Gasteiger partial charge < -0.3 is 20.1 Å². The first-order valence-corrected chi connectivity index (χ1v) is 7.34. The van der Waals surface area contributed by atoms with E-state index < -0.39 is 5.97 Å². The van der Waals surface area contributed by atoms with E-state index in [0.29, 0.717) is 5.56 Å². The van der Waals surface area contributed by atoms with Crippen molar-refractivity contribution in [1.29, 1.82) is 0 Å². The Bertz CT molecular complexity index is 460. The Balaban J connectivity index is 0.000000541. The maximum absolute atomic E-state index is 11.8. The molecule has 1 aliphatic carbocycles. The molecule has 2 rings (SSSR count). The molecule has 6 nitrogen and oxygen atoms in total. The van der Waals surface area contributed by atoms with Gasteiger partial charge in [0.15, 0.2) is 0 Å². The molecule has 1 aliphatic rings. The minimum Gasteiger partial charge on any atom is -0.478 e. The number of hydrogen-bond acceptors (Lipinski definition) is 5. The number of hydrogen-bond donors (Lipinski definition) is 3. The molecule has 22 heavy (non-hydrogen) atoms. The van der Waals surface area contributed by atoms with Crippen LogP contribution in [0, 0.1) is 0 Å². The quantitative estimate of drug-likeness (QED) is 0.733. The van der Waals surface area contributed by atoms with Crippen LogP contribution in [0.15, 0.2) is 24.3 Å². The fraction of sp³-hybridized carbons (Fsp3) is 0.500. The van der Waals surface area contributed by atoms with Gasteiger partial charge in [0, 0.05) is 0 Å². The van der Waals surface area contributed by atoms with Gasteiger partial charge in [-0.2, -0.15) is 0 Å². The average molecular weight is 310 g/mol. The molecule has 0 spiro atoms. The molecule has 3 N–H and O–H groups in total. The number of aliphatic hydroxyl groups excluding tert-OH is 2. The van der Waals surface area contributed by atoms with Crippen molar-refractivity contribution < 1.29 is 29.6 Å². The molecule has 1 fully saturated rings. The largest absolute Gasteiger partial charge is 0.478 e. The molecule has 6 heteroatoms. The molecule has 0 heterocycles. The Labute approximate surface area is 129 Å². The van der Waals surface area contributed by atoms with Gasteiger partial charge in [0.05, 0.1) is 24.3 Å². The summed E-state index contributed by atoms with van der Waals surface area (Å²) in [6.45, 7) is -0.250. The Morgan fingerprint density at radius 3 is 1.91 bits per heavy atom. The highest BCUT2D eigenvalue weighted by molar-refractivity contribution is 5.92. The average Bonchev–Trinajstić information content (AvgIpc) is 2.56. The second-order valence-corrected chi connectivity index (χ2v) is 5.00. The summed E-state index contributed by atoms with van der Waals surface area (Å²) >= 11 is 0. The van der Waals surface area contributed by atoms with Crippen molar-refractivity contribution in [3.63, 3.8) is 0 Å². The lowest BCUT2D eigenvalue weighted by Crippen LogP contribution is -2.20. The fourth-order valence-corrected chi connectivity index (χ4v) is 2.15. The van der Waals surface area contributed by atoms with Crippen molar-refractivity contribution in [2.75, 3.05) is 13.2 Å². The lowest BCUT2D eigenvalue weighted by molar-refractivity contribution is 0.0210. The van der Waals surface area contributed by atoms with E-state index in [1.165, 1.54) is 30.7 Å². The minimum absolute atomic E-state index is 0.0189. The zero-order chi connectivity index (χ0) is 16.4. The lowest BCUT2D eigenvalue weighted by atomic mass is 9.98. The van der Waals surface area contributed by atoms with Crippen LogP contribution in [0.1, 0.15) is 52.8 Å². The number of carboxylic acid groups (broad SMARTS) is 1. The SMILES string of the molecule is O=C(O)c1ccc(C(=O)OC2CCCCC2)cc1.OCCO. The molecule has 1 aromatic carbocycles. The predicted octanol–water partition coefficient (Wildman–Crippen LogP) is 1.85. The molecule has 0 unspecified atom stereocenters. The summed E-state index contributed by atoms with van der Waals surface area (Å²) in [7, 11) is 0. The van der Waals surface area contributed by atoms with Crippen molar-refractivity contribution >= 4 is 11.9 Å². The third-order valence-corrected chi connectivity index (χ3v) is 3.29. The topological polar surface area (TPSA) is 104 Å². The summed E-state index contributed by atoms with van der Waals surface area (Å²) in [5.41, 5.74) is 0.579. The van der Waals surface area contributed by atoms with Crippen LogP contribution in [0.25, 0.3) is 0 Å². The van der Waals surface area contributed by atoms with E-state index in [1.807, 2.05) is 0 Å². The number of ether oxygens (including phenoxy) is 1. The molecule has 122 valence electrons. The molecule has 0 aliphatic heterocycles. The van der Waals surface area contributed by atoms with E-state index in [1.54, 1.807) is 0 Å². The molecule has 1 aromatic rings. The lowest BCUT2D eigenvalue weighted by Gasteiger charge is -2.21. The van der Waals surface area contributed by atoms with Gasteiger partial charge in [-0.25, -0.2) is 9.59 Å². The highest BCUT2D eigenvalue weighted by Gasteiger charge is 2.18. The van der Waals surface area contributed by atoms with Crippen LogP contribution in [0.5, 0.6) is 0 Å². The summed E-state index contributed by atoms with van der Waals surface area (Å²) in [5, 5.41) is 24.0. The zero-order valence-electron chi connectivity index (χ0n) is 12.4. The number of rotatable bonds is 4. The smallest absolute Gasteiger partial charge is 0.338 e. The standard InChI is InChI=1S/C14H16O4.C2H6O2/c15-13(16)10-6-8-11(9-7-10)14(17)18-12-4-2-1-3-5-12;3-1-2-4/h6-9,12H,1-5H2,(H,15,16);3-4H,1-2H2. The van der Waals surface area contributed by atoms with Crippen molar-refractivity contribution in [3.05, 3.63) is 35.4 Å². The summed E-state index contributed by atoms with van der Waals surface area (Å²) in [4.78, 5) is 22.5. The molecule has 1 saturated carbocycles. The molecular weight excluding hydrogens is 288 g/mol. The molecule has 0 aromatic heterocycles. The van der Waals surface area contributed by atoms with E-state index in [9.17, 15) is 9.59 Å². The van der Waals surface area contributed by atoms with Crippen LogP contribution >= 0.6 is 0 Å². The highest BCUT2D eigenvalue weighted by atomic mass is 16.5. The van der Waals surface area contributed by atoms with Crippen LogP contribution in [0.4, 0.5) is 0 Å². The number of carboxylic acids is 1. The van der Waals surface area contributed by atoms with Crippen LogP contribution in [-0.4, -0.2) is 46.6 Å². The van der Waals surface area contributed by atoms with Gasteiger partial charge in [0.2, 0.25) is 0 Å². The van der Waals surface area contributed by atoms with Crippen LogP contribution < -0.4 is 0 Å². The van der Waals surface area contributed by atoms with Crippen LogP contribution in [0.3, 0.4) is 0 Å². The number of aliphatic hydroxyl groups is 2. The van der Waals surface area contributed by atoms with Gasteiger partial charge >= 0.3 is 11.9 Å². The van der Waals surface area contributed by atoms with Crippen LogP contribution in [-0.2, 0) is 4.74 Å². The summed E-state index contributed by atoms with van der Waals surface area (Å²) in [5.74, 6) is -1.36. The van der Waals surface area contributed by atoms with Gasteiger partial charge in [-0.1, -0.05) is 6.42 Å². The third kappa shape index (κ3) is 6.24. The molecule has 0 amide bonds. The van der Waals surface area contributed by atoms with Gasteiger partial charge in [-0.15, -0.1) is 0 Å². The zero-order valence-corrected chi connectivity index (χ0v) is 12.4. The van der Waals surface area contributed by atoms with E-state index in [0.717, 1.165) is 25.7 Å². The van der Waals surface area contributed by atoms with E-state index in [-0.39, 0.29) is 30.9 Å². The van der Waals surface area contributed by atoms with Crippen molar-refractivity contribution in [3.8, 4) is 0 Å². The Morgan fingerprint density at radius 2 is 1.45 bits per heavy atom. The van der Waals surface area contributed by atoms with Crippen molar-refractivity contribution in [2.24, 2.45) is 0 Å². The molecule has 0 bridgehead atoms. The van der Waals surface area contributed by atoms with Crippen molar-refractivity contribution in [2.45, 2.75) is 38.2 Å².